The van der Waals surface area contributed by atoms with Crippen LogP contribution >= 0.6 is 0 Å². The van der Waals surface area contributed by atoms with Gasteiger partial charge in [0.1, 0.15) is 0 Å². The number of fused-ring (bicyclic) bond motifs is 5. The molecule has 0 amide bonds. The maximum atomic E-state index is 11.3. The molecule has 4 aliphatic rings. The molecule has 4 aliphatic carbocycles. The molecule has 3 saturated carbocycles. The average Bonchev–Trinajstić information content (AvgIpc) is 3.06. The SMILES string of the molecule is CC[C@H](C=C[C@@H](C)[C@H]1CC[C@H]2C3[C@H](O)C=C4C[C@@H](O)CC[C@]4(C)[C@H]3CC[C@]12C)C(C)C. The fraction of sp³-hybridized carbons (Fsp3) is 0.862. The van der Waals surface area contributed by atoms with Crippen LogP contribution in [0.15, 0.2) is 23.8 Å². The summed E-state index contributed by atoms with van der Waals surface area (Å²) in [5.41, 5.74) is 1.90. The van der Waals surface area contributed by atoms with Gasteiger partial charge in [-0.1, -0.05) is 65.3 Å². The van der Waals surface area contributed by atoms with E-state index in [9.17, 15) is 10.2 Å². The van der Waals surface area contributed by atoms with Gasteiger partial charge in [-0.25, -0.2) is 0 Å². The third-order valence-electron chi connectivity index (χ3n) is 10.8. The molecular formula is C29H48O2. The van der Waals surface area contributed by atoms with Gasteiger partial charge in [-0.15, -0.1) is 0 Å². The Kier molecular flexibility index (Phi) is 6.56. The van der Waals surface area contributed by atoms with Gasteiger partial charge in [-0.3, -0.25) is 0 Å². The van der Waals surface area contributed by atoms with Crippen molar-refractivity contribution in [3.63, 3.8) is 0 Å². The summed E-state index contributed by atoms with van der Waals surface area (Å²) in [5, 5.41) is 21.6. The molecule has 3 fully saturated rings. The topological polar surface area (TPSA) is 40.5 Å². The molecule has 0 heterocycles. The van der Waals surface area contributed by atoms with Gasteiger partial charge >= 0.3 is 0 Å². The van der Waals surface area contributed by atoms with E-state index >= 15 is 0 Å². The summed E-state index contributed by atoms with van der Waals surface area (Å²) in [6, 6.07) is 0. The van der Waals surface area contributed by atoms with E-state index in [2.05, 4.69) is 59.8 Å². The van der Waals surface area contributed by atoms with E-state index in [4.69, 9.17) is 0 Å². The zero-order chi connectivity index (χ0) is 22.6. The summed E-state index contributed by atoms with van der Waals surface area (Å²) < 4.78 is 0. The molecular weight excluding hydrogens is 380 g/mol. The molecule has 2 heteroatoms. The van der Waals surface area contributed by atoms with Crippen molar-refractivity contribution in [1.29, 1.82) is 0 Å². The van der Waals surface area contributed by atoms with Gasteiger partial charge in [-0.2, -0.15) is 0 Å². The predicted molar refractivity (Wildman–Crippen MR) is 130 cm³/mol. The number of hydrogen-bond acceptors (Lipinski definition) is 2. The van der Waals surface area contributed by atoms with Crippen LogP contribution in [0.25, 0.3) is 0 Å². The molecule has 0 aromatic heterocycles. The molecule has 0 radical (unpaired) electrons. The summed E-state index contributed by atoms with van der Waals surface area (Å²) in [4.78, 5) is 0. The zero-order valence-electron chi connectivity index (χ0n) is 21.0. The summed E-state index contributed by atoms with van der Waals surface area (Å²) in [5.74, 6) is 4.38. The smallest absolute Gasteiger partial charge is 0.0757 e. The number of hydrogen-bond donors (Lipinski definition) is 2. The summed E-state index contributed by atoms with van der Waals surface area (Å²) in [6.07, 6.45) is 15.9. The van der Waals surface area contributed by atoms with E-state index < -0.39 is 0 Å². The van der Waals surface area contributed by atoms with Crippen LogP contribution in [0.2, 0.25) is 0 Å². The van der Waals surface area contributed by atoms with Crippen LogP contribution in [-0.4, -0.2) is 22.4 Å². The molecule has 0 aromatic carbocycles. The van der Waals surface area contributed by atoms with Crippen LogP contribution in [-0.2, 0) is 0 Å². The molecule has 0 aromatic rings. The Morgan fingerprint density at radius 3 is 2.42 bits per heavy atom. The van der Waals surface area contributed by atoms with Crippen molar-refractivity contribution < 1.29 is 10.2 Å². The lowest BCUT2D eigenvalue weighted by Gasteiger charge is -2.59. The number of aliphatic hydroxyl groups excluding tert-OH is 2. The van der Waals surface area contributed by atoms with Crippen LogP contribution < -0.4 is 0 Å². The monoisotopic (exact) mass is 428 g/mol. The van der Waals surface area contributed by atoms with Crippen LogP contribution in [0, 0.1) is 52.3 Å². The highest BCUT2D eigenvalue weighted by Crippen LogP contribution is 2.67. The lowest BCUT2D eigenvalue weighted by Crippen LogP contribution is -2.54. The first-order valence-electron chi connectivity index (χ1n) is 13.4. The molecule has 10 atom stereocenters. The van der Waals surface area contributed by atoms with E-state index in [0.29, 0.717) is 40.9 Å². The molecule has 0 spiro atoms. The van der Waals surface area contributed by atoms with E-state index in [0.717, 1.165) is 25.2 Å². The Morgan fingerprint density at radius 1 is 1.00 bits per heavy atom. The zero-order valence-corrected chi connectivity index (χ0v) is 21.0. The average molecular weight is 429 g/mol. The maximum absolute atomic E-state index is 11.3. The first-order chi connectivity index (χ1) is 14.6. The molecule has 2 N–H and O–H groups in total. The van der Waals surface area contributed by atoms with Crippen molar-refractivity contribution >= 4 is 0 Å². The van der Waals surface area contributed by atoms with Gasteiger partial charge in [0.15, 0.2) is 0 Å². The Morgan fingerprint density at radius 2 is 1.74 bits per heavy atom. The largest absolute Gasteiger partial charge is 0.393 e. The maximum Gasteiger partial charge on any atom is 0.0757 e. The lowest BCUT2D eigenvalue weighted by molar-refractivity contribution is -0.0950. The standard InChI is InChI=1S/C29H48O2/c1-7-20(18(2)3)9-8-19(4)23-10-11-24-27-25(13-15-29(23,24)6)28(5)14-12-22(30)16-21(28)17-26(27)31/h8-9,17-20,22-27,30-31H,7,10-16H2,1-6H3/t19-,20-,22+,23-,24+,25+,26-,27?,28+,29-/m1/s1. The summed E-state index contributed by atoms with van der Waals surface area (Å²) in [6.45, 7) is 14.5. The van der Waals surface area contributed by atoms with Crippen molar-refractivity contribution in [3.8, 4) is 0 Å². The molecule has 0 bridgehead atoms. The fourth-order valence-corrected chi connectivity index (χ4v) is 8.82. The second-order valence-corrected chi connectivity index (χ2v) is 12.6. The second-order valence-electron chi connectivity index (χ2n) is 12.6. The first-order valence-corrected chi connectivity index (χ1v) is 13.4. The molecule has 176 valence electrons. The van der Waals surface area contributed by atoms with Crippen LogP contribution in [0.1, 0.15) is 92.9 Å². The van der Waals surface area contributed by atoms with Gasteiger partial charge in [0.05, 0.1) is 12.2 Å². The van der Waals surface area contributed by atoms with E-state index in [1.165, 1.54) is 37.7 Å². The van der Waals surface area contributed by atoms with Gasteiger partial charge in [-0.05, 0) is 104 Å². The minimum Gasteiger partial charge on any atom is -0.393 e. The van der Waals surface area contributed by atoms with Crippen molar-refractivity contribution in [3.05, 3.63) is 23.8 Å². The van der Waals surface area contributed by atoms with E-state index in [-0.39, 0.29) is 17.6 Å². The summed E-state index contributed by atoms with van der Waals surface area (Å²) in [7, 11) is 0. The van der Waals surface area contributed by atoms with Crippen LogP contribution in [0.5, 0.6) is 0 Å². The van der Waals surface area contributed by atoms with E-state index in [1.54, 1.807) is 0 Å². The van der Waals surface area contributed by atoms with Gasteiger partial charge < -0.3 is 10.2 Å². The lowest BCUT2D eigenvalue weighted by atomic mass is 9.46. The number of rotatable bonds is 5. The minimum atomic E-state index is -0.321. The van der Waals surface area contributed by atoms with Crippen molar-refractivity contribution in [2.75, 3.05) is 0 Å². The molecule has 2 nitrogen and oxygen atoms in total. The van der Waals surface area contributed by atoms with Gasteiger partial charge in [0, 0.05) is 0 Å². The molecule has 0 aliphatic heterocycles. The Labute approximate surface area is 191 Å². The molecule has 31 heavy (non-hydrogen) atoms. The first kappa shape index (κ1) is 23.6. The third kappa shape index (κ3) is 3.88. The Hall–Kier alpha value is -0.600. The second kappa shape index (κ2) is 8.64. The number of aliphatic hydroxyl groups is 2. The van der Waals surface area contributed by atoms with Gasteiger partial charge in [0.2, 0.25) is 0 Å². The van der Waals surface area contributed by atoms with Crippen molar-refractivity contribution in [2.24, 2.45) is 52.3 Å². The number of allylic oxidation sites excluding steroid dienone is 2. The van der Waals surface area contributed by atoms with E-state index in [1.807, 2.05) is 0 Å². The molecule has 4 rings (SSSR count). The van der Waals surface area contributed by atoms with Crippen LogP contribution in [0.4, 0.5) is 0 Å². The molecule has 0 saturated heterocycles. The highest BCUT2D eigenvalue weighted by molar-refractivity contribution is 5.28. The van der Waals surface area contributed by atoms with Crippen molar-refractivity contribution in [1.82, 2.24) is 0 Å². The third-order valence-corrected chi connectivity index (χ3v) is 10.8. The van der Waals surface area contributed by atoms with Gasteiger partial charge in [0.25, 0.3) is 0 Å². The Balaban J connectivity index is 1.56. The highest BCUT2D eigenvalue weighted by atomic mass is 16.3. The minimum absolute atomic E-state index is 0.194. The fourth-order valence-electron chi connectivity index (χ4n) is 8.82. The quantitative estimate of drug-likeness (QED) is 0.474. The summed E-state index contributed by atoms with van der Waals surface area (Å²) >= 11 is 0. The predicted octanol–water partition coefficient (Wildman–Crippen LogP) is 6.77. The Bertz CT molecular complexity index is 708. The molecule has 1 unspecified atom stereocenters. The van der Waals surface area contributed by atoms with Crippen LogP contribution in [0.3, 0.4) is 0 Å². The van der Waals surface area contributed by atoms with Crippen molar-refractivity contribution in [2.45, 2.75) is 105 Å². The normalized spacial score (nSPS) is 46.9. The highest BCUT2D eigenvalue weighted by Gasteiger charge is 2.61.